The van der Waals surface area contributed by atoms with E-state index >= 15 is 0 Å². The number of Topliss-reactive ketones (excluding diaryl/α,β-unsaturated/α-hetero) is 1. The van der Waals surface area contributed by atoms with Gasteiger partial charge in [-0.3, -0.25) is 14.6 Å². The molecule has 2 aromatic heterocycles. The van der Waals surface area contributed by atoms with Crippen molar-refractivity contribution in [3.05, 3.63) is 66.5 Å². The van der Waals surface area contributed by atoms with Gasteiger partial charge in [-0.15, -0.1) is 0 Å². The number of pyridine rings is 1. The molecule has 0 aliphatic carbocycles. The molecule has 1 aliphatic rings. The highest BCUT2D eigenvalue weighted by atomic mass is 19.1. The lowest BCUT2D eigenvalue weighted by molar-refractivity contribution is -0.143. The number of methoxy groups -OCH3 is 1. The Bertz CT molecular complexity index is 994. The minimum Gasteiger partial charge on any atom is -0.468 e. The molecular formula is C20H15FN2O3. The number of benzene rings is 1. The van der Waals surface area contributed by atoms with E-state index in [-0.39, 0.29) is 18.1 Å². The molecule has 0 saturated heterocycles. The Hall–Kier alpha value is -3.28. The number of carbonyl (C=O) groups is 2. The molecule has 3 heterocycles. The molecule has 4 rings (SSSR count). The van der Waals surface area contributed by atoms with Crippen molar-refractivity contribution in [2.45, 2.75) is 6.54 Å². The van der Waals surface area contributed by atoms with Crippen LogP contribution in [-0.2, 0) is 16.1 Å². The normalized spacial score (nSPS) is 15.8. The lowest BCUT2D eigenvalue weighted by Crippen LogP contribution is -2.22. The topological polar surface area (TPSA) is 61.2 Å². The number of hydrogen-bond donors (Lipinski definition) is 0. The fourth-order valence-corrected chi connectivity index (χ4v) is 3.39. The van der Waals surface area contributed by atoms with Crippen molar-refractivity contribution in [1.82, 2.24) is 9.55 Å². The van der Waals surface area contributed by atoms with Gasteiger partial charge in [-0.25, -0.2) is 4.39 Å². The first-order valence-electron chi connectivity index (χ1n) is 8.11. The van der Waals surface area contributed by atoms with Crippen LogP contribution in [0.4, 0.5) is 4.39 Å². The van der Waals surface area contributed by atoms with Crippen LogP contribution in [0.5, 0.6) is 0 Å². The predicted molar refractivity (Wildman–Crippen MR) is 92.9 cm³/mol. The molecule has 1 atom stereocenters. The van der Waals surface area contributed by atoms with Gasteiger partial charge in [0, 0.05) is 36.3 Å². The molecule has 26 heavy (non-hydrogen) atoms. The average Bonchev–Trinajstić information content (AvgIpc) is 3.20. The van der Waals surface area contributed by atoms with Crippen molar-refractivity contribution >= 4 is 11.8 Å². The molecule has 0 bridgehead atoms. The molecule has 0 radical (unpaired) electrons. The van der Waals surface area contributed by atoms with Crippen molar-refractivity contribution < 1.29 is 18.7 Å². The summed E-state index contributed by atoms with van der Waals surface area (Å²) in [7, 11) is 1.27. The van der Waals surface area contributed by atoms with Crippen LogP contribution < -0.4 is 0 Å². The number of aromatic nitrogens is 2. The van der Waals surface area contributed by atoms with E-state index in [1.165, 1.54) is 19.2 Å². The van der Waals surface area contributed by atoms with Gasteiger partial charge in [-0.2, -0.15) is 0 Å². The second-order valence-corrected chi connectivity index (χ2v) is 6.10. The second kappa shape index (κ2) is 6.22. The maximum Gasteiger partial charge on any atom is 0.318 e. The zero-order valence-electron chi connectivity index (χ0n) is 14.0. The van der Waals surface area contributed by atoms with Crippen LogP contribution in [-0.4, -0.2) is 28.4 Å². The highest BCUT2D eigenvalue weighted by molar-refractivity contribution is 6.14. The van der Waals surface area contributed by atoms with Crippen molar-refractivity contribution in [2.24, 2.45) is 5.92 Å². The average molecular weight is 350 g/mol. The number of carbonyl (C=O) groups excluding carboxylic acids is 2. The molecule has 5 nitrogen and oxygen atoms in total. The molecule has 0 N–H and O–H groups in total. The van der Waals surface area contributed by atoms with E-state index < -0.39 is 11.9 Å². The van der Waals surface area contributed by atoms with Gasteiger partial charge in [-0.05, 0) is 35.4 Å². The van der Waals surface area contributed by atoms with Gasteiger partial charge in [0.05, 0.1) is 12.8 Å². The zero-order valence-corrected chi connectivity index (χ0v) is 14.0. The van der Waals surface area contributed by atoms with E-state index in [0.717, 1.165) is 11.1 Å². The van der Waals surface area contributed by atoms with E-state index in [4.69, 9.17) is 4.74 Å². The molecule has 1 aliphatic heterocycles. The van der Waals surface area contributed by atoms with Gasteiger partial charge in [0.1, 0.15) is 11.7 Å². The molecule has 0 saturated carbocycles. The fraction of sp³-hybridized carbons (Fsp3) is 0.150. The molecule has 3 aromatic rings. The molecule has 130 valence electrons. The number of halogens is 1. The standard InChI is InChI=1S/C20H15FN2O3/c1-26-20(25)16-11-23-10-15(12-6-8-22-9-7-12)17(18(23)19(16)24)13-2-4-14(21)5-3-13/h2-10,16H,11H2,1H3. The molecule has 1 unspecified atom stereocenters. The number of rotatable bonds is 3. The van der Waals surface area contributed by atoms with Crippen LogP contribution in [0, 0.1) is 11.7 Å². The lowest BCUT2D eigenvalue weighted by Gasteiger charge is -2.09. The minimum absolute atomic E-state index is 0.236. The van der Waals surface area contributed by atoms with Crippen molar-refractivity contribution in [2.75, 3.05) is 7.11 Å². The van der Waals surface area contributed by atoms with Crippen LogP contribution >= 0.6 is 0 Å². The Kier molecular flexibility index (Phi) is 3.88. The van der Waals surface area contributed by atoms with Gasteiger partial charge in [0.15, 0.2) is 5.78 Å². The first-order valence-corrected chi connectivity index (χ1v) is 8.11. The Balaban J connectivity index is 1.92. The van der Waals surface area contributed by atoms with Crippen LogP contribution in [0.1, 0.15) is 10.5 Å². The smallest absolute Gasteiger partial charge is 0.318 e. The fourth-order valence-electron chi connectivity index (χ4n) is 3.39. The largest absolute Gasteiger partial charge is 0.468 e. The quantitative estimate of drug-likeness (QED) is 0.537. The highest BCUT2D eigenvalue weighted by Gasteiger charge is 2.40. The summed E-state index contributed by atoms with van der Waals surface area (Å²) in [6.07, 6.45) is 5.20. The summed E-state index contributed by atoms with van der Waals surface area (Å²) < 4.78 is 19.9. The first kappa shape index (κ1) is 16.2. The third kappa shape index (κ3) is 2.50. The maximum atomic E-state index is 13.4. The van der Waals surface area contributed by atoms with E-state index in [0.29, 0.717) is 16.8 Å². The Labute approximate surface area is 149 Å². The second-order valence-electron chi connectivity index (χ2n) is 6.10. The number of fused-ring (bicyclic) bond motifs is 1. The molecule has 0 spiro atoms. The number of hydrogen-bond acceptors (Lipinski definition) is 4. The number of ether oxygens (including phenoxy) is 1. The maximum absolute atomic E-state index is 13.4. The van der Waals surface area contributed by atoms with E-state index in [1.54, 1.807) is 29.1 Å². The molecule has 6 heteroatoms. The molecular weight excluding hydrogens is 335 g/mol. The predicted octanol–water partition coefficient (Wildman–Crippen LogP) is 3.34. The number of esters is 1. The highest BCUT2D eigenvalue weighted by Crippen LogP contribution is 2.40. The van der Waals surface area contributed by atoms with E-state index in [1.807, 2.05) is 18.3 Å². The van der Waals surface area contributed by atoms with Crippen LogP contribution in [0.25, 0.3) is 22.3 Å². The summed E-state index contributed by atoms with van der Waals surface area (Å²) in [5.41, 5.74) is 3.58. The SMILES string of the molecule is COC(=O)C1Cn2cc(-c3ccncc3)c(-c3ccc(F)cc3)c2C1=O. The van der Waals surface area contributed by atoms with E-state index in [2.05, 4.69) is 4.98 Å². The van der Waals surface area contributed by atoms with Crippen LogP contribution in [0.3, 0.4) is 0 Å². The Morgan fingerprint density at radius 2 is 1.85 bits per heavy atom. The molecule has 0 fully saturated rings. The third-order valence-electron chi connectivity index (χ3n) is 4.62. The van der Waals surface area contributed by atoms with Gasteiger partial charge >= 0.3 is 5.97 Å². The monoisotopic (exact) mass is 350 g/mol. The van der Waals surface area contributed by atoms with E-state index in [9.17, 15) is 14.0 Å². The third-order valence-corrected chi connectivity index (χ3v) is 4.62. The summed E-state index contributed by atoms with van der Waals surface area (Å²) in [5, 5.41) is 0. The Morgan fingerprint density at radius 3 is 2.50 bits per heavy atom. The van der Waals surface area contributed by atoms with Gasteiger partial charge in [-0.1, -0.05) is 12.1 Å². The molecule has 1 aromatic carbocycles. The zero-order chi connectivity index (χ0) is 18.3. The van der Waals surface area contributed by atoms with Crippen LogP contribution in [0.2, 0.25) is 0 Å². The minimum atomic E-state index is -0.847. The first-order chi connectivity index (χ1) is 12.6. The Morgan fingerprint density at radius 1 is 1.15 bits per heavy atom. The van der Waals surface area contributed by atoms with Gasteiger partial charge < -0.3 is 9.30 Å². The van der Waals surface area contributed by atoms with Gasteiger partial charge in [0.2, 0.25) is 0 Å². The van der Waals surface area contributed by atoms with Gasteiger partial charge in [0.25, 0.3) is 0 Å². The van der Waals surface area contributed by atoms with Crippen molar-refractivity contribution in [1.29, 1.82) is 0 Å². The lowest BCUT2D eigenvalue weighted by atomic mass is 9.93. The summed E-state index contributed by atoms with van der Waals surface area (Å²) in [6.45, 7) is 0.236. The summed E-state index contributed by atoms with van der Waals surface area (Å²) in [6, 6.07) is 9.67. The van der Waals surface area contributed by atoms with Crippen LogP contribution in [0.15, 0.2) is 55.0 Å². The summed E-state index contributed by atoms with van der Waals surface area (Å²) in [4.78, 5) is 28.8. The number of nitrogens with zero attached hydrogens (tertiary/aromatic N) is 2. The van der Waals surface area contributed by atoms with Crippen molar-refractivity contribution in [3.63, 3.8) is 0 Å². The summed E-state index contributed by atoms with van der Waals surface area (Å²) in [5.74, 6) is -2.03. The number of ketones is 1. The molecule has 0 amide bonds. The van der Waals surface area contributed by atoms with Crippen molar-refractivity contribution in [3.8, 4) is 22.3 Å². The summed E-state index contributed by atoms with van der Waals surface area (Å²) >= 11 is 0.